The zero-order valence-corrected chi connectivity index (χ0v) is 11.7. The molecule has 17 heavy (non-hydrogen) atoms. The average molecular weight is 300 g/mol. The quantitative estimate of drug-likeness (QED) is 0.839. The second-order valence-electron chi connectivity index (χ2n) is 4.35. The van der Waals surface area contributed by atoms with E-state index in [1.165, 1.54) is 19.2 Å². The van der Waals surface area contributed by atoms with E-state index in [1.807, 2.05) is 0 Å². The molecule has 1 heterocycles. The molecule has 0 spiro atoms. The third-order valence-electron chi connectivity index (χ3n) is 2.76. The topological polar surface area (TPSA) is 47.0 Å². The molecule has 1 aromatic rings. The van der Waals surface area contributed by atoms with E-state index >= 15 is 0 Å². The van der Waals surface area contributed by atoms with Crippen molar-refractivity contribution in [2.24, 2.45) is 5.92 Å². The predicted octanol–water partition coefficient (Wildman–Crippen LogP) is 3.24. The Hall–Kier alpha value is -0.840. The second-order valence-corrected chi connectivity index (χ2v) is 5.14. The lowest BCUT2D eigenvalue weighted by molar-refractivity contribution is 0.289. The fraction of sp³-hybridized carbons (Fsp3) is 0.667. The number of rotatable bonds is 7. The molecule has 0 amide bonds. The van der Waals surface area contributed by atoms with Gasteiger partial charge in [0.1, 0.15) is 16.6 Å². The summed E-state index contributed by atoms with van der Waals surface area (Å²) in [5.41, 5.74) is 0. The highest BCUT2D eigenvalue weighted by Gasteiger charge is 2.21. The first-order valence-corrected chi connectivity index (χ1v) is 6.97. The largest absolute Gasteiger partial charge is 0.477 e. The van der Waals surface area contributed by atoms with Crippen LogP contribution >= 0.6 is 15.9 Å². The number of nitrogens with zero attached hydrogens (tertiary/aromatic N) is 2. The standard InChI is InChI=1S/C12H18BrN3O/c1-2-6-14-11-10(13)12(16-8-15-11)17-7-5-9-3-4-9/h8-9H,2-7H2,1H3,(H,14,15,16). The van der Waals surface area contributed by atoms with Crippen LogP contribution in [-0.4, -0.2) is 23.1 Å². The molecule has 1 N–H and O–H groups in total. The molecule has 0 aromatic carbocycles. The number of ether oxygens (including phenoxy) is 1. The molecule has 0 saturated heterocycles. The van der Waals surface area contributed by atoms with Gasteiger partial charge in [-0.1, -0.05) is 19.8 Å². The molecule has 2 rings (SSSR count). The number of anilines is 1. The van der Waals surface area contributed by atoms with Crippen molar-refractivity contribution in [3.63, 3.8) is 0 Å². The number of hydrogen-bond acceptors (Lipinski definition) is 4. The van der Waals surface area contributed by atoms with Crippen molar-refractivity contribution in [1.29, 1.82) is 0 Å². The molecule has 0 radical (unpaired) electrons. The minimum Gasteiger partial charge on any atom is -0.477 e. The first kappa shape index (κ1) is 12.6. The lowest BCUT2D eigenvalue weighted by atomic mass is 10.3. The summed E-state index contributed by atoms with van der Waals surface area (Å²) in [6.45, 7) is 3.76. The summed E-state index contributed by atoms with van der Waals surface area (Å²) in [5, 5.41) is 3.24. The smallest absolute Gasteiger partial charge is 0.233 e. The average Bonchev–Trinajstić information content (AvgIpc) is 3.14. The number of halogens is 1. The highest BCUT2D eigenvalue weighted by Crippen LogP contribution is 2.33. The van der Waals surface area contributed by atoms with E-state index in [4.69, 9.17) is 4.74 Å². The van der Waals surface area contributed by atoms with Crippen molar-refractivity contribution >= 4 is 21.7 Å². The fourth-order valence-corrected chi connectivity index (χ4v) is 2.01. The monoisotopic (exact) mass is 299 g/mol. The maximum atomic E-state index is 5.67. The van der Waals surface area contributed by atoms with Crippen LogP contribution < -0.4 is 10.1 Å². The summed E-state index contributed by atoms with van der Waals surface area (Å²) in [7, 11) is 0. The molecule has 0 atom stereocenters. The third-order valence-corrected chi connectivity index (χ3v) is 3.48. The zero-order valence-electron chi connectivity index (χ0n) is 10.1. The van der Waals surface area contributed by atoms with Crippen molar-refractivity contribution in [3.8, 4) is 5.88 Å². The Bertz CT molecular complexity index is 369. The van der Waals surface area contributed by atoms with Crippen LogP contribution in [-0.2, 0) is 0 Å². The number of aromatic nitrogens is 2. The van der Waals surface area contributed by atoms with Gasteiger partial charge in [-0.3, -0.25) is 0 Å². The predicted molar refractivity (Wildman–Crippen MR) is 71.3 cm³/mol. The third kappa shape index (κ3) is 3.84. The van der Waals surface area contributed by atoms with Gasteiger partial charge in [0, 0.05) is 6.54 Å². The van der Waals surface area contributed by atoms with E-state index in [0.29, 0.717) is 5.88 Å². The van der Waals surface area contributed by atoms with Gasteiger partial charge in [0.15, 0.2) is 0 Å². The Morgan fingerprint density at radius 3 is 3.00 bits per heavy atom. The SMILES string of the molecule is CCCNc1ncnc(OCCC2CC2)c1Br. The summed E-state index contributed by atoms with van der Waals surface area (Å²) in [5.74, 6) is 2.33. The molecular weight excluding hydrogens is 282 g/mol. The van der Waals surface area contributed by atoms with E-state index in [2.05, 4.69) is 38.1 Å². The highest BCUT2D eigenvalue weighted by atomic mass is 79.9. The van der Waals surface area contributed by atoms with E-state index in [9.17, 15) is 0 Å². The minimum atomic E-state index is 0.638. The van der Waals surface area contributed by atoms with Gasteiger partial charge in [0.05, 0.1) is 6.61 Å². The molecule has 5 heteroatoms. The molecule has 0 bridgehead atoms. The van der Waals surface area contributed by atoms with Crippen LogP contribution in [0.5, 0.6) is 5.88 Å². The second kappa shape index (κ2) is 6.19. The molecule has 1 aromatic heterocycles. The van der Waals surface area contributed by atoms with Crippen molar-refractivity contribution in [2.45, 2.75) is 32.6 Å². The number of nitrogens with one attached hydrogen (secondary N) is 1. The molecule has 1 saturated carbocycles. The van der Waals surface area contributed by atoms with Crippen LogP contribution in [0.2, 0.25) is 0 Å². The Labute approximate surface area is 110 Å². The minimum absolute atomic E-state index is 0.638. The van der Waals surface area contributed by atoms with E-state index in [1.54, 1.807) is 0 Å². The Morgan fingerprint density at radius 1 is 1.47 bits per heavy atom. The van der Waals surface area contributed by atoms with E-state index in [-0.39, 0.29) is 0 Å². The summed E-state index contributed by atoms with van der Waals surface area (Å²) >= 11 is 3.48. The maximum absolute atomic E-state index is 5.67. The van der Waals surface area contributed by atoms with Crippen molar-refractivity contribution in [1.82, 2.24) is 9.97 Å². The van der Waals surface area contributed by atoms with Gasteiger partial charge in [-0.2, -0.15) is 0 Å². The molecule has 0 unspecified atom stereocenters. The normalized spacial score (nSPS) is 14.7. The van der Waals surface area contributed by atoms with Gasteiger partial charge < -0.3 is 10.1 Å². The van der Waals surface area contributed by atoms with Crippen molar-refractivity contribution < 1.29 is 4.74 Å². The Kier molecular flexibility index (Phi) is 4.59. The van der Waals surface area contributed by atoms with Crippen LogP contribution in [0.25, 0.3) is 0 Å². The van der Waals surface area contributed by atoms with E-state index < -0.39 is 0 Å². The molecular formula is C12H18BrN3O. The van der Waals surface area contributed by atoms with Gasteiger partial charge >= 0.3 is 0 Å². The number of hydrogen-bond donors (Lipinski definition) is 1. The molecule has 0 aliphatic heterocycles. The Morgan fingerprint density at radius 2 is 2.29 bits per heavy atom. The molecule has 1 aliphatic carbocycles. The van der Waals surface area contributed by atoms with Gasteiger partial charge in [0.25, 0.3) is 0 Å². The zero-order chi connectivity index (χ0) is 12.1. The first-order valence-electron chi connectivity index (χ1n) is 6.18. The van der Waals surface area contributed by atoms with Crippen LogP contribution in [0.15, 0.2) is 10.8 Å². The highest BCUT2D eigenvalue weighted by molar-refractivity contribution is 9.10. The summed E-state index contributed by atoms with van der Waals surface area (Å²) in [4.78, 5) is 8.33. The maximum Gasteiger partial charge on any atom is 0.233 e. The molecule has 1 fully saturated rings. The van der Waals surface area contributed by atoms with Gasteiger partial charge in [-0.25, -0.2) is 9.97 Å². The molecule has 94 valence electrons. The summed E-state index contributed by atoms with van der Waals surface area (Å²) < 4.78 is 6.49. The fourth-order valence-electron chi connectivity index (χ4n) is 1.55. The van der Waals surface area contributed by atoms with E-state index in [0.717, 1.165) is 42.2 Å². The van der Waals surface area contributed by atoms with Crippen molar-refractivity contribution in [3.05, 3.63) is 10.8 Å². The molecule has 4 nitrogen and oxygen atoms in total. The van der Waals surface area contributed by atoms with Gasteiger partial charge in [0.2, 0.25) is 5.88 Å². The summed E-state index contributed by atoms with van der Waals surface area (Å²) in [6, 6.07) is 0. The lowest BCUT2D eigenvalue weighted by Crippen LogP contribution is -2.06. The van der Waals surface area contributed by atoms with Gasteiger partial charge in [-0.05, 0) is 34.7 Å². The van der Waals surface area contributed by atoms with Crippen LogP contribution in [0, 0.1) is 5.92 Å². The van der Waals surface area contributed by atoms with Crippen LogP contribution in [0.1, 0.15) is 32.6 Å². The first-order chi connectivity index (χ1) is 8.31. The van der Waals surface area contributed by atoms with Crippen LogP contribution in [0.4, 0.5) is 5.82 Å². The summed E-state index contributed by atoms with van der Waals surface area (Å²) in [6.07, 6.45) is 6.45. The molecule has 1 aliphatic rings. The van der Waals surface area contributed by atoms with Crippen molar-refractivity contribution in [2.75, 3.05) is 18.5 Å². The van der Waals surface area contributed by atoms with Crippen LogP contribution in [0.3, 0.4) is 0 Å². The Balaban J connectivity index is 1.90. The lowest BCUT2D eigenvalue weighted by Gasteiger charge is -2.10. The van der Waals surface area contributed by atoms with Gasteiger partial charge in [-0.15, -0.1) is 0 Å².